The molecule has 28 heavy (non-hydrogen) atoms. The summed E-state index contributed by atoms with van der Waals surface area (Å²) in [4.78, 5) is 35.9. The predicted molar refractivity (Wildman–Crippen MR) is 110 cm³/mol. The van der Waals surface area contributed by atoms with Crippen LogP contribution in [-0.2, 0) is 20.7 Å². The molecule has 0 saturated carbocycles. The highest BCUT2D eigenvalue weighted by Gasteiger charge is 2.13. The summed E-state index contributed by atoms with van der Waals surface area (Å²) in [6.45, 7) is 3.52. The molecule has 5 nitrogen and oxygen atoms in total. The number of amides is 1. The fourth-order valence-corrected chi connectivity index (χ4v) is 2.81. The fourth-order valence-electron chi connectivity index (χ4n) is 2.64. The normalized spacial score (nSPS) is 10.4. The van der Waals surface area contributed by atoms with Crippen LogP contribution in [0.1, 0.15) is 47.7 Å². The Balaban J connectivity index is 1.75. The summed E-state index contributed by atoms with van der Waals surface area (Å²) in [6.07, 6.45) is 1.99. The first-order valence-electron chi connectivity index (χ1n) is 9.22. The lowest BCUT2D eigenvalue weighted by atomic mass is 10.0. The van der Waals surface area contributed by atoms with Crippen LogP contribution in [0, 0.1) is 6.92 Å². The predicted octanol–water partition coefficient (Wildman–Crippen LogP) is 4.75. The highest BCUT2D eigenvalue weighted by molar-refractivity contribution is 6.31. The Bertz CT molecular complexity index is 846. The van der Waals surface area contributed by atoms with Gasteiger partial charge in [0.25, 0.3) is 5.91 Å². The highest BCUT2D eigenvalue weighted by atomic mass is 35.5. The van der Waals surface area contributed by atoms with Crippen LogP contribution in [0.5, 0.6) is 0 Å². The number of carbonyl (C=O) groups is 3. The molecule has 0 aliphatic carbocycles. The molecule has 0 atom stereocenters. The van der Waals surface area contributed by atoms with Crippen LogP contribution < -0.4 is 5.32 Å². The average Bonchev–Trinajstić information content (AvgIpc) is 2.68. The summed E-state index contributed by atoms with van der Waals surface area (Å²) in [7, 11) is 0. The first-order chi connectivity index (χ1) is 13.4. The van der Waals surface area contributed by atoms with Gasteiger partial charge in [0.05, 0.1) is 6.42 Å². The van der Waals surface area contributed by atoms with Crippen molar-refractivity contribution >= 4 is 34.9 Å². The molecule has 0 aliphatic heterocycles. The molecule has 148 valence electrons. The molecule has 0 saturated heterocycles. The van der Waals surface area contributed by atoms with E-state index in [1.807, 2.05) is 19.1 Å². The van der Waals surface area contributed by atoms with Crippen molar-refractivity contribution < 1.29 is 19.1 Å². The topological polar surface area (TPSA) is 72.5 Å². The van der Waals surface area contributed by atoms with Gasteiger partial charge in [-0.05, 0) is 36.6 Å². The summed E-state index contributed by atoms with van der Waals surface area (Å²) >= 11 is 5.90. The van der Waals surface area contributed by atoms with E-state index in [2.05, 4.69) is 12.2 Å². The molecule has 0 radical (unpaired) electrons. The molecule has 2 aromatic rings. The molecule has 0 heterocycles. The molecule has 0 aliphatic rings. The van der Waals surface area contributed by atoms with Gasteiger partial charge < -0.3 is 10.1 Å². The molecule has 0 aromatic heterocycles. The molecule has 6 heteroatoms. The van der Waals surface area contributed by atoms with Gasteiger partial charge in [0.15, 0.2) is 12.4 Å². The minimum absolute atomic E-state index is 0.0426. The molecule has 2 rings (SSSR count). The minimum atomic E-state index is -0.589. The van der Waals surface area contributed by atoms with E-state index in [0.29, 0.717) is 16.3 Å². The van der Waals surface area contributed by atoms with Crippen molar-refractivity contribution in [3.05, 3.63) is 64.2 Å². The lowest BCUT2D eigenvalue weighted by Crippen LogP contribution is -2.21. The third-order valence-corrected chi connectivity index (χ3v) is 4.44. The zero-order valence-corrected chi connectivity index (χ0v) is 16.8. The van der Waals surface area contributed by atoms with E-state index >= 15 is 0 Å². The molecule has 2 aromatic carbocycles. The van der Waals surface area contributed by atoms with Gasteiger partial charge in [0.2, 0.25) is 0 Å². The van der Waals surface area contributed by atoms with Crippen LogP contribution in [0.4, 0.5) is 5.69 Å². The van der Waals surface area contributed by atoms with Crippen molar-refractivity contribution in [1.29, 1.82) is 0 Å². The molecule has 0 fully saturated rings. The second kappa shape index (κ2) is 10.6. The lowest BCUT2D eigenvalue weighted by molar-refractivity contribution is -0.147. The number of benzene rings is 2. The van der Waals surface area contributed by atoms with Gasteiger partial charge >= 0.3 is 5.97 Å². The summed E-state index contributed by atoms with van der Waals surface area (Å²) < 4.78 is 4.95. The second-order valence-electron chi connectivity index (χ2n) is 6.54. The molecule has 0 bridgehead atoms. The maximum absolute atomic E-state index is 12.2. The van der Waals surface area contributed by atoms with Crippen LogP contribution in [0.3, 0.4) is 0 Å². The summed E-state index contributed by atoms with van der Waals surface area (Å²) in [6, 6.07) is 12.5. The molecule has 1 N–H and O–H groups in total. The van der Waals surface area contributed by atoms with Crippen molar-refractivity contribution in [2.24, 2.45) is 0 Å². The minimum Gasteiger partial charge on any atom is -0.456 e. The van der Waals surface area contributed by atoms with Crippen LogP contribution >= 0.6 is 11.6 Å². The van der Waals surface area contributed by atoms with E-state index in [4.69, 9.17) is 16.3 Å². The summed E-state index contributed by atoms with van der Waals surface area (Å²) in [5, 5.41) is 3.14. The van der Waals surface area contributed by atoms with E-state index in [-0.39, 0.29) is 18.6 Å². The Labute approximate surface area is 170 Å². The van der Waals surface area contributed by atoms with Crippen LogP contribution in [0.25, 0.3) is 0 Å². The maximum Gasteiger partial charge on any atom is 0.306 e. The maximum atomic E-state index is 12.2. The number of halogens is 1. The number of esters is 1. The monoisotopic (exact) mass is 401 g/mol. The number of Topliss-reactive ketones (excluding diaryl/α,β-unsaturated/α-hetero) is 1. The standard InChI is InChI=1S/C22H24ClNO4/c1-3-4-16-6-8-17(9-7-16)20(25)11-12-22(27)28-14-21(26)24-19-13-18(23)10-5-15(19)2/h5-10,13H,3-4,11-12,14H2,1-2H3,(H,24,26). The zero-order chi connectivity index (χ0) is 20.5. The van der Waals surface area contributed by atoms with Crippen molar-refractivity contribution in [3.8, 4) is 0 Å². The fraction of sp³-hybridized carbons (Fsp3) is 0.318. The van der Waals surface area contributed by atoms with Crippen LogP contribution in [0.15, 0.2) is 42.5 Å². The number of anilines is 1. The van der Waals surface area contributed by atoms with Gasteiger partial charge in [0, 0.05) is 22.7 Å². The van der Waals surface area contributed by atoms with E-state index in [1.54, 1.807) is 30.3 Å². The smallest absolute Gasteiger partial charge is 0.306 e. The highest BCUT2D eigenvalue weighted by Crippen LogP contribution is 2.20. The van der Waals surface area contributed by atoms with E-state index in [0.717, 1.165) is 18.4 Å². The first kappa shape index (κ1) is 21.6. The molecular formula is C22H24ClNO4. The molecule has 1 amide bonds. The number of rotatable bonds is 9. The van der Waals surface area contributed by atoms with Gasteiger partial charge in [-0.25, -0.2) is 0 Å². The van der Waals surface area contributed by atoms with E-state index < -0.39 is 18.5 Å². The lowest BCUT2D eigenvalue weighted by Gasteiger charge is -2.09. The number of ketones is 1. The molecule has 0 unspecified atom stereocenters. The Kier molecular flexibility index (Phi) is 8.20. The Morgan fingerprint density at radius 2 is 1.75 bits per heavy atom. The Morgan fingerprint density at radius 1 is 1.04 bits per heavy atom. The third-order valence-electron chi connectivity index (χ3n) is 4.21. The number of nitrogens with one attached hydrogen (secondary N) is 1. The summed E-state index contributed by atoms with van der Waals surface area (Å²) in [5.41, 5.74) is 3.16. The zero-order valence-electron chi connectivity index (χ0n) is 16.1. The number of aryl methyl sites for hydroxylation is 2. The van der Waals surface area contributed by atoms with Crippen molar-refractivity contribution in [1.82, 2.24) is 0 Å². The summed E-state index contributed by atoms with van der Waals surface area (Å²) in [5.74, 6) is -1.18. The van der Waals surface area contributed by atoms with E-state index in [9.17, 15) is 14.4 Å². The van der Waals surface area contributed by atoms with Gasteiger partial charge in [-0.2, -0.15) is 0 Å². The Morgan fingerprint density at radius 3 is 2.43 bits per heavy atom. The average molecular weight is 402 g/mol. The molecule has 0 spiro atoms. The van der Waals surface area contributed by atoms with Crippen LogP contribution in [0.2, 0.25) is 5.02 Å². The number of ether oxygens (including phenoxy) is 1. The first-order valence-corrected chi connectivity index (χ1v) is 9.60. The SMILES string of the molecule is CCCc1ccc(C(=O)CCC(=O)OCC(=O)Nc2cc(Cl)ccc2C)cc1. The Hall–Kier alpha value is -2.66. The van der Waals surface area contributed by atoms with Gasteiger partial charge in [-0.1, -0.05) is 55.3 Å². The van der Waals surface area contributed by atoms with E-state index in [1.165, 1.54) is 5.56 Å². The largest absolute Gasteiger partial charge is 0.456 e. The molecular weight excluding hydrogens is 378 g/mol. The second-order valence-corrected chi connectivity index (χ2v) is 6.97. The third kappa shape index (κ3) is 6.82. The van der Waals surface area contributed by atoms with Crippen molar-refractivity contribution in [2.75, 3.05) is 11.9 Å². The van der Waals surface area contributed by atoms with Crippen LogP contribution in [-0.4, -0.2) is 24.3 Å². The van der Waals surface area contributed by atoms with Gasteiger partial charge in [-0.3, -0.25) is 14.4 Å². The number of carbonyl (C=O) groups excluding carboxylic acids is 3. The number of hydrogen-bond donors (Lipinski definition) is 1. The quantitative estimate of drug-likeness (QED) is 0.486. The number of hydrogen-bond acceptors (Lipinski definition) is 4. The van der Waals surface area contributed by atoms with Gasteiger partial charge in [0.1, 0.15) is 0 Å². The van der Waals surface area contributed by atoms with Gasteiger partial charge in [-0.15, -0.1) is 0 Å². The van der Waals surface area contributed by atoms with Crippen molar-refractivity contribution in [2.45, 2.75) is 39.5 Å². The van der Waals surface area contributed by atoms with Crippen molar-refractivity contribution in [3.63, 3.8) is 0 Å².